The number of rotatable bonds is 5. The molecule has 1 unspecified atom stereocenters. The molecule has 27 heavy (non-hydrogen) atoms. The lowest BCUT2D eigenvalue weighted by molar-refractivity contribution is -0.139. The number of fused-ring (bicyclic) bond motifs is 1. The van der Waals surface area contributed by atoms with Crippen LogP contribution in [-0.2, 0) is 14.3 Å². The molecule has 2 heterocycles. The van der Waals surface area contributed by atoms with Gasteiger partial charge in [-0.1, -0.05) is 15.9 Å². The smallest absolute Gasteiger partial charge is 0.340 e. The summed E-state index contributed by atoms with van der Waals surface area (Å²) in [6.45, 7) is 3.28. The van der Waals surface area contributed by atoms with E-state index in [-0.39, 0.29) is 24.5 Å². The molecular weight excluding hydrogens is 418 g/mol. The van der Waals surface area contributed by atoms with Gasteiger partial charge in [0.2, 0.25) is 0 Å². The van der Waals surface area contributed by atoms with Gasteiger partial charge in [-0.2, -0.15) is 0 Å². The molecule has 2 amide bonds. The fraction of sp³-hybridized carbons (Fsp3) is 0.278. The number of hydrogen-bond donors (Lipinski definition) is 3. The zero-order chi connectivity index (χ0) is 19.6. The van der Waals surface area contributed by atoms with Crippen LogP contribution in [0.5, 0.6) is 0 Å². The van der Waals surface area contributed by atoms with E-state index in [9.17, 15) is 14.4 Å². The number of hydrogen-bond acceptors (Lipinski definition) is 5. The molecule has 0 fully saturated rings. The van der Waals surface area contributed by atoms with Crippen LogP contribution in [0.15, 0.2) is 40.1 Å². The standard InChI is InChI=1S/C18H18BrN3O5/c1-3-26-17(24)15-9(2)21-18(25)22-14(15)8-27-16(23)12-7-20-13-5-4-10(19)6-11(12)13/h4-7,9,20H,3,8H2,1-2H3,(H2,21,22,25). The van der Waals surface area contributed by atoms with Crippen molar-refractivity contribution in [3.05, 3.63) is 45.7 Å². The van der Waals surface area contributed by atoms with Crippen molar-refractivity contribution >= 4 is 44.8 Å². The minimum absolute atomic E-state index is 0.195. The number of urea groups is 1. The van der Waals surface area contributed by atoms with Gasteiger partial charge >= 0.3 is 18.0 Å². The summed E-state index contributed by atoms with van der Waals surface area (Å²) < 4.78 is 11.2. The highest BCUT2D eigenvalue weighted by atomic mass is 79.9. The van der Waals surface area contributed by atoms with E-state index in [0.29, 0.717) is 10.9 Å². The molecule has 2 aromatic rings. The first-order valence-corrected chi connectivity index (χ1v) is 9.11. The minimum Gasteiger partial charge on any atom is -0.463 e. The number of benzene rings is 1. The Morgan fingerprint density at radius 2 is 2.00 bits per heavy atom. The van der Waals surface area contributed by atoms with E-state index < -0.39 is 24.0 Å². The van der Waals surface area contributed by atoms with Crippen LogP contribution < -0.4 is 10.6 Å². The van der Waals surface area contributed by atoms with Gasteiger partial charge in [0.1, 0.15) is 6.61 Å². The van der Waals surface area contributed by atoms with Crippen LogP contribution in [0.2, 0.25) is 0 Å². The minimum atomic E-state index is -0.574. The quantitative estimate of drug-likeness (QED) is 0.625. The number of aromatic amines is 1. The normalized spacial score (nSPS) is 16.7. The summed E-state index contributed by atoms with van der Waals surface area (Å²) >= 11 is 3.37. The lowest BCUT2D eigenvalue weighted by Crippen LogP contribution is -2.50. The monoisotopic (exact) mass is 435 g/mol. The Kier molecular flexibility index (Phi) is 5.50. The molecule has 0 bridgehead atoms. The second-order valence-corrected chi connectivity index (χ2v) is 6.82. The van der Waals surface area contributed by atoms with Crippen molar-refractivity contribution in [3.8, 4) is 0 Å². The summed E-state index contributed by atoms with van der Waals surface area (Å²) in [7, 11) is 0. The molecule has 1 aromatic carbocycles. The Morgan fingerprint density at radius 1 is 1.22 bits per heavy atom. The molecule has 0 spiro atoms. The highest BCUT2D eigenvalue weighted by molar-refractivity contribution is 9.10. The predicted octanol–water partition coefficient (Wildman–Crippen LogP) is 2.61. The van der Waals surface area contributed by atoms with Crippen molar-refractivity contribution < 1.29 is 23.9 Å². The third kappa shape index (κ3) is 3.97. The summed E-state index contributed by atoms with van der Waals surface area (Å²) in [5.74, 6) is -1.14. The highest BCUT2D eigenvalue weighted by Crippen LogP contribution is 2.23. The molecule has 1 aliphatic heterocycles. The number of H-pyrrole nitrogens is 1. The third-order valence-corrected chi connectivity index (χ3v) is 4.57. The van der Waals surface area contributed by atoms with Gasteiger partial charge in [0.25, 0.3) is 0 Å². The van der Waals surface area contributed by atoms with Gasteiger partial charge in [0.15, 0.2) is 0 Å². The van der Waals surface area contributed by atoms with E-state index in [2.05, 4.69) is 31.5 Å². The van der Waals surface area contributed by atoms with Gasteiger partial charge in [-0.3, -0.25) is 0 Å². The number of amides is 2. The Morgan fingerprint density at radius 3 is 2.74 bits per heavy atom. The van der Waals surface area contributed by atoms with Gasteiger partial charge in [-0.25, -0.2) is 14.4 Å². The van der Waals surface area contributed by atoms with Crippen LogP contribution in [0, 0.1) is 0 Å². The fourth-order valence-corrected chi connectivity index (χ4v) is 3.23. The maximum Gasteiger partial charge on any atom is 0.340 e. The average Bonchev–Trinajstić information content (AvgIpc) is 3.02. The first-order chi connectivity index (χ1) is 12.9. The lowest BCUT2D eigenvalue weighted by Gasteiger charge is -2.26. The SMILES string of the molecule is CCOC(=O)C1=C(COC(=O)c2c[nH]c3ccc(Br)cc23)NC(=O)NC1C. The van der Waals surface area contributed by atoms with E-state index >= 15 is 0 Å². The number of ether oxygens (including phenoxy) is 2. The van der Waals surface area contributed by atoms with Crippen molar-refractivity contribution in [2.75, 3.05) is 13.2 Å². The van der Waals surface area contributed by atoms with Crippen LogP contribution in [0.1, 0.15) is 24.2 Å². The highest BCUT2D eigenvalue weighted by Gasteiger charge is 2.30. The van der Waals surface area contributed by atoms with Crippen molar-refractivity contribution in [3.63, 3.8) is 0 Å². The number of nitrogens with one attached hydrogen (secondary N) is 3. The molecule has 1 atom stereocenters. The number of halogens is 1. The van der Waals surface area contributed by atoms with E-state index in [4.69, 9.17) is 9.47 Å². The maximum absolute atomic E-state index is 12.5. The molecule has 0 saturated heterocycles. The van der Waals surface area contributed by atoms with Crippen molar-refractivity contribution in [2.24, 2.45) is 0 Å². The van der Waals surface area contributed by atoms with E-state index in [0.717, 1.165) is 9.99 Å². The summed E-state index contributed by atoms with van der Waals surface area (Å²) in [6.07, 6.45) is 1.56. The van der Waals surface area contributed by atoms with E-state index in [1.807, 2.05) is 12.1 Å². The topological polar surface area (TPSA) is 110 Å². The van der Waals surface area contributed by atoms with Crippen LogP contribution >= 0.6 is 15.9 Å². The molecule has 3 N–H and O–H groups in total. The van der Waals surface area contributed by atoms with Crippen LogP contribution in [0.3, 0.4) is 0 Å². The molecule has 0 aliphatic carbocycles. The zero-order valence-electron chi connectivity index (χ0n) is 14.7. The Hall–Kier alpha value is -2.81. The molecular formula is C18H18BrN3O5. The van der Waals surface area contributed by atoms with Gasteiger partial charge in [-0.15, -0.1) is 0 Å². The molecule has 3 rings (SSSR count). The molecule has 1 aromatic heterocycles. The largest absolute Gasteiger partial charge is 0.463 e. The Bertz CT molecular complexity index is 950. The zero-order valence-corrected chi connectivity index (χ0v) is 16.3. The first-order valence-electron chi connectivity index (χ1n) is 8.32. The molecule has 9 heteroatoms. The summed E-state index contributed by atoms with van der Waals surface area (Å²) in [4.78, 5) is 39.4. The second kappa shape index (κ2) is 7.83. The van der Waals surface area contributed by atoms with E-state index in [1.165, 1.54) is 0 Å². The summed E-state index contributed by atoms with van der Waals surface area (Å²) in [5.41, 5.74) is 1.59. The van der Waals surface area contributed by atoms with Crippen molar-refractivity contribution in [1.29, 1.82) is 0 Å². The molecule has 1 aliphatic rings. The number of esters is 2. The molecule has 142 valence electrons. The average molecular weight is 436 g/mol. The maximum atomic E-state index is 12.5. The first kappa shape index (κ1) is 19.0. The predicted molar refractivity (Wildman–Crippen MR) is 101 cm³/mol. The number of carbonyl (C=O) groups excluding carboxylic acids is 3. The van der Waals surface area contributed by atoms with Gasteiger partial charge in [0, 0.05) is 21.6 Å². The van der Waals surface area contributed by atoms with Gasteiger partial charge < -0.3 is 25.1 Å². The van der Waals surface area contributed by atoms with Crippen LogP contribution in [0.25, 0.3) is 10.9 Å². The Balaban J connectivity index is 1.82. The van der Waals surface area contributed by atoms with Crippen LogP contribution in [-0.4, -0.2) is 42.2 Å². The molecule has 0 saturated carbocycles. The second-order valence-electron chi connectivity index (χ2n) is 5.90. The summed E-state index contributed by atoms with van der Waals surface area (Å²) in [5, 5.41) is 5.81. The van der Waals surface area contributed by atoms with E-state index in [1.54, 1.807) is 26.1 Å². The number of carbonyl (C=O) groups is 3. The van der Waals surface area contributed by atoms with Crippen molar-refractivity contribution in [2.45, 2.75) is 19.9 Å². The Labute approximate surface area is 163 Å². The van der Waals surface area contributed by atoms with Crippen LogP contribution in [0.4, 0.5) is 4.79 Å². The van der Waals surface area contributed by atoms with Crippen molar-refractivity contribution in [1.82, 2.24) is 15.6 Å². The lowest BCUT2D eigenvalue weighted by atomic mass is 10.0. The van der Waals surface area contributed by atoms with Gasteiger partial charge in [-0.05, 0) is 32.0 Å². The number of aromatic nitrogens is 1. The van der Waals surface area contributed by atoms with Gasteiger partial charge in [0.05, 0.1) is 29.5 Å². The summed E-state index contributed by atoms with van der Waals surface area (Å²) in [6, 6.07) is 4.47. The fourth-order valence-electron chi connectivity index (χ4n) is 2.87. The molecule has 0 radical (unpaired) electrons. The third-order valence-electron chi connectivity index (χ3n) is 4.08. The molecule has 8 nitrogen and oxygen atoms in total.